The largest absolute Gasteiger partial charge is 0.478 e. The zero-order valence-electron chi connectivity index (χ0n) is 10.3. The first kappa shape index (κ1) is 15.2. The predicted molar refractivity (Wildman–Crippen MR) is 69.9 cm³/mol. The quantitative estimate of drug-likeness (QED) is 0.880. The Morgan fingerprint density at radius 1 is 1.14 bits per heavy atom. The van der Waals surface area contributed by atoms with Crippen molar-refractivity contribution in [3.05, 3.63) is 58.6 Å². The minimum atomic E-state index is -4.80. The van der Waals surface area contributed by atoms with Gasteiger partial charge in [-0.25, -0.2) is 4.79 Å². The van der Waals surface area contributed by atoms with Crippen LogP contribution in [-0.2, 0) is 6.18 Å². The average molecular weight is 317 g/mol. The Kier molecular flexibility index (Phi) is 4.09. The van der Waals surface area contributed by atoms with Crippen LogP contribution >= 0.6 is 11.6 Å². The van der Waals surface area contributed by atoms with Gasteiger partial charge < -0.3 is 9.84 Å². The second kappa shape index (κ2) is 5.65. The van der Waals surface area contributed by atoms with E-state index in [0.29, 0.717) is 6.07 Å². The molecule has 0 aromatic heterocycles. The summed E-state index contributed by atoms with van der Waals surface area (Å²) in [5, 5.41) is 9.02. The zero-order chi connectivity index (χ0) is 15.6. The summed E-state index contributed by atoms with van der Waals surface area (Å²) >= 11 is 5.84. The molecule has 3 nitrogen and oxygen atoms in total. The van der Waals surface area contributed by atoms with Crippen LogP contribution in [0.4, 0.5) is 13.2 Å². The number of aromatic carboxylic acids is 1. The van der Waals surface area contributed by atoms with E-state index >= 15 is 0 Å². The summed E-state index contributed by atoms with van der Waals surface area (Å²) in [5.74, 6) is -1.64. The molecule has 0 amide bonds. The van der Waals surface area contributed by atoms with E-state index < -0.39 is 23.3 Å². The van der Waals surface area contributed by atoms with Crippen molar-refractivity contribution in [3.8, 4) is 11.5 Å². The molecule has 0 saturated heterocycles. The molecule has 0 radical (unpaired) electrons. The maximum atomic E-state index is 12.9. The zero-order valence-corrected chi connectivity index (χ0v) is 11.1. The SMILES string of the molecule is O=C(O)c1ccc(Oc2ccccc2Cl)cc1C(F)(F)F. The lowest BCUT2D eigenvalue weighted by Crippen LogP contribution is -2.12. The lowest BCUT2D eigenvalue weighted by Gasteiger charge is -2.13. The number of halogens is 4. The van der Waals surface area contributed by atoms with Crippen molar-refractivity contribution in [1.29, 1.82) is 0 Å². The molecule has 2 rings (SSSR count). The van der Waals surface area contributed by atoms with E-state index in [2.05, 4.69) is 0 Å². The Bertz CT molecular complexity index is 683. The lowest BCUT2D eigenvalue weighted by molar-refractivity contribution is -0.138. The highest BCUT2D eigenvalue weighted by Crippen LogP contribution is 2.36. The van der Waals surface area contributed by atoms with Crippen molar-refractivity contribution < 1.29 is 27.8 Å². The minimum absolute atomic E-state index is 0.152. The Balaban J connectivity index is 2.43. The number of carboxylic acid groups (broad SMARTS) is 1. The Morgan fingerprint density at radius 3 is 2.38 bits per heavy atom. The van der Waals surface area contributed by atoms with Crippen LogP contribution in [0, 0.1) is 0 Å². The maximum Gasteiger partial charge on any atom is 0.417 e. The summed E-state index contributed by atoms with van der Waals surface area (Å²) in [5.41, 5.74) is -2.12. The normalized spacial score (nSPS) is 11.2. The molecule has 0 spiro atoms. The van der Waals surface area contributed by atoms with Gasteiger partial charge in [0.25, 0.3) is 0 Å². The molecule has 0 aliphatic carbocycles. The van der Waals surface area contributed by atoms with Gasteiger partial charge in [-0.2, -0.15) is 13.2 Å². The minimum Gasteiger partial charge on any atom is -0.478 e. The molecule has 2 aromatic carbocycles. The van der Waals surface area contributed by atoms with Gasteiger partial charge in [0.05, 0.1) is 16.1 Å². The fourth-order valence-corrected chi connectivity index (χ4v) is 1.84. The highest BCUT2D eigenvalue weighted by molar-refractivity contribution is 6.32. The van der Waals surface area contributed by atoms with E-state index in [1.807, 2.05) is 0 Å². The van der Waals surface area contributed by atoms with Gasteiger partial charge in [-0.05, 0) is 30.3 Å². The Hall–Kier alpha value is -2.21. The standard InChI is InChI=1S/C14H8ClF3O3/c15-11-3-1-2-4-12(11)21-8-5-6-9(13(19)20)10(7-8)14(16,17)18/h1-7H,(H,19,20). The van der Waals surface area contributed by atoms with E-state index in [9.17, 15) is 18.0 Å². The van der Waals surface area contributed by atoms with Gasteiger partial charge in [0.15, 0.2) is 0 Å². The van der Waals surface area contributed by atoms with Crippen molar-refractivity contribution in [2.75, 3.05) is 0 Å². The van der Waals surface area contributed by atoms with Gasteiger partial charge in [-0.15, -0.1) is 0 Å². The maximum absolute atomic E-state index is 12.9. The number of ether oxygens (including phenoxy) is 1. The molecule has 0 aliphatic heterocycles. The summed E-state index contributed by atoms with van der Waals surface area (Å²) in [7, 11) is 0. The Morgan fingerprint density at radius 2 is 1.81 bits per heavy atom. The predicted octanol–water partition coefficient (Wildman–Crippen LogP) is 4.85. The number of carboxylic acids is 1. The topological polar surface area (TPSA) is 46.5 Å². The highest BCUT2D eigenvalue weighted by Gasteiger charge is 2.35. The molecule has 0 bridgehead atoms. The van der Waals surface area contributed by atoms with Crippen LogP contribution in [0.15, 0.2) is 42.5 Å². The summed E-state index contributed by atoms with van der Waals surface area (Å²) in [4.78, 5) is 10.8. The highest BCUT2D eigenvalue weighted by atomic mass is 35.5. The first-order valence-corrected chi connectivity index (χ1v) is 6.04. The molecule has 0 fully saturated rings. The third-order valence-electron chi connectivity index (χ3n) is 2.59. The molecular weight excluding hydrogens is 309 g/mol. The van der Waals surface area contributed by atoms with Crippen LogP contribution in [0.25, 0.3) is 0 Å². The van der Waals surface area contributed by atoms with Gasteiger partial charge in [-0.3, -0.25) is 0 Å². The molecule has 0 unspecified atom stereocenters. The van der Waals surface area contributed by atoms with Crippen LogP contribution in [0.1, 0.15) is 15.9 Å². The van der Waals surface area contributed by atoms with Crippen LogP contribution in [0.2, 0.25) is 5.02 Å². The first-order chi connectivity index (χ1) is 9.79. The molecule has 0 atom stereocenters. The fraction of sp³-hybridized carbons (Fsp3) is 0.0714. The first-order valence-electron chi connectivity index (χ1n) is 5.66. The Labute approximate surface area is 122 Å². The monoisotopic (exact) mass is 316 g/mol. The number of hydrogen-bond donors (Lipinski definition) is 1. The molecule has 0 heterocycles. The van der Waals surface area contributed by atoms with Gasteiger partial charge in [-0.1, -0.05) is 23.7 Å². The van der Waals surface area contributed by atoms with E-state index in [0.717, 1.165) is 12.1 Å². The molecule has 0 saturated carbocycles. The summed E-state index contributed by atoms with van der Waals surface area (Å²) in [6.45, 7) is 0. The third kappa shape index (κ3) is 3.46. The van der Waals surface area contributed by atoms with Crippen molar-refractivity contribution in [1.82, 2.24) is 0 Å². The van der Waals surface area contributed by atoms with Gasteiger partial charge in [0, 0.05) is 0 Å². The fourth-order valence-electron chi connectivity index (χ4n) is 1.66. The number of carbonyl (C=O) groups is 1. The molecule has 1 N–H and O–H groups in total. The third-order valence-corrected chi connectivity index (χ3v) is 2.90. The van der Waals surface area contributed by atoms with Gasteiger partial charge in [0.1, 0.15) is 11.5 Å². The second-order valence-corrected chi connectivity index (χ2v) is 4.45. The number of para-hydroxylation sites is 1. The molecule has 7 heteroatoms. The van der Waals surface area contributed by atoms with Crippen molar-refractivity contribution in [2.45, 2.75) is 6.18 Å². The molecule has 0 aliphatic rings. The van der Waals surface area contributed by atoms with Crippen molar-refractivity contribution in [3.63, 3.8) is 0 Å². The molecule has 110 valence electrons. The van der Waals surface area contributed by atoms with E-state index in [1.165, 1.54) is 12.1 Å². The summed E-state index contributed by atoms with van der Waals surface area (Å²) in [6, 6.07) is 8.88. The number of alkyl halides is 3. The van der Waals surface area contributed by atoms with Crippen LogP contribution in [0.3, 0.4) is 0 Å². The number of hydrogen-bond acceptors (Lipinski definition) is 2. The second-order valence-electron chi connectivity index (χ2n) is 4.04. The lowest BCUT2D eigenvalue weighted by atomic mass is 10.1. The number of rotatable bonds is 3. The van der Waals surface area contributed by atoms with Crippen molar-refractivity contribution in [2.24, 2.45) is 0 Å². The summed E-state index contributed by atoms with van der Waals surface area (Å²) in [6.07, 6.45) is -4.80. The van der Waals surface area contributed by atoms with Gasteiger partial charge in [0.2, 0.25) is 0 Å². The van der Waals surface area contributed by atoms with Gasteiger partial charge >= 0.3 is 12.1 Å². The molecule has 2 aromatic rings. The van der Waals surface area contributed by atoms with Crippen LogP contribution in [-0.4, -0.2) is 11.1 Å². The van der Waals surface area contributed by atoms with Crippen LogP contribution < -0.4 is 4.74 Å². The average Bonchev–Trinajstić information content (AvgIpc) is 2.40. The van der Waals surface area contributed by atoms with E-state index in [1.54, 1.807) is 12.1 Å². The van der Waals surface area contributed by atoms with E-state index in [-0.39, 0.29) is 16.5 Å². The number of benzene rings is 2. The smallest absolute Gasteiger partial charge is 0.417 e. The molecule has 21 heavy (non-hydrogen) atoms. The van der Waals surface area contributed by atoms with Crippen LogP contribution in [0.5, 0.6) is 11.5 Å². The van der Waals surface area contributed by atoms with E-state index in [4.69, 9.17) is 21.4 Å². The molecular formula is C14H8ClF3O3. The summed E-state index contributed by atoms with van der Waals surface area (Å²) < 4.78 is 43.8. The van der Waals surface area contributed by atoms with Crippen molar-refractivity contribution >= 4 is 17.6 Å².